The van der Waals surface area contributed by atoms with E-state index in [0.717, 1.165) is 0 Å². The number of sulfonamides is 1. The van der Waals surface area contributed by atoms with Gasteiger partial charge in [0.15, 0.2) is 23.6 Å². The molecule has 0 fully saturated rings. The molecule has 10 nitrogen and oxygen atoms in total. The molecule has 2 aliphatic rings. The van der Waals surface area contributed by atoms with Crippen molar-refractivity contribution in [3.05, 3.63) is 48.0 Å². The average Bonchev–Trinajstić information content (AvgIpc) is 3.33. The lowest BCUT2D eigenvalue weighted by atomic mass is 10.0. The van der Waals surface area contributed by atoms with Crippen molar-refractivity contribution in [1.29, 1.82) is 0 Å². The van der Waals surface area contributed by atoms with Crippen LogP contribution in [0.1, 0.15) is 26.3 Å². The molecule has 2 aliphatic heterocycles. The SMILES string of the molecule is CC(C)[C@@H](N=C1NS(=O)(=O)c2ccccc21)C(=O)O[C@@H](C)C(=O)Nc1ccc2c(c1)OCO2. The Balaban J connectivity index is 1.46. The fraction of sp³-hybridized carbons (Fsp3) is 0.318. The van der Waals surface area contributed by atoms with E-state index >= 15 is 0 Å². The van der Waals surface area contributed by atoms with E-state index < -0.39 is 34.0 Å². The highest BCUT2D eigenvalue weighted by molar-refractivity contribution is 7.90. The molecule has 174 valence electrons. The summed E-state index contributed by atoms with van der Waals surface area (Å²) < 4.78 is 42.9. The Morgan fingerprint density at radius 1 is 1.09 bits per heavy atom. The zero-order chi connectivity index (χ0) is 23.8. The number of esters is 1. The summed E-state index contributed by atoms with van der Waals surface area (Å²) in [7, 11) is -3.74. The molecule has 2 aromatic rings. The van der Waals surface area contributed by atoms with Crippen LogP contribution in [0.25, 0.3) is 0 Å². The Labute approximate surface area is 191 Å². The van der Waals surface area contributed by atoms with Gasteiger partial charge in [0.25, 0.3) is 15.9 Å². The van der Waals surface area contributed by atoms with Crippen LogP contribution in [0, 0.1) is 5.92 Å². The van der Waals surface area contributed by atoms with Gasteiger partial charge >= 0.3 is 5.97 Å². The molecule has 0 saturated carbocycles. The van der Waals surface area contributed by atoms with Gasteiger partial charge in [0.05, 0.1) is 4.90 Å². The maximum atomic E-state index is 12.8. The Hall–Kier alpha value is -3.60. The first-order valence-electron chi connectivity index (χ1n) is 10.3. The zero-order valence-electron chi connectivity index (χ0n) is 18.2. The third-order valence-electron chi connectivity index (χ3n) is 5.11. The van der Waals surface area contributed by atoms with Gasteiger partial charge in [0, 0.05) is 17.3 Å². The van der Waals surface area contributed by atoms with Crippen LogP contribution in [0.5, 0.6) is 11.5 Å². The maximum Gasteiger partial charge on any atom is 0.331 e. The molecule has 33 heavy (non-hydrogen) atoms. The van der Waals surface area contributed by atoms with Gasteiger partial charge in [-0.05, 0) is 37.1 Å². The van der Waals surface area contributed by atoms with Crippen molar-refractivity contribution in [2.75, 3.05) is 12.1 Å². The molecule has 0 unspecified atom stereocenters. The highest BCUT2D eigenvalue weighted by atomic mass is 32.2. The number of hydrogen-bond donors (Lipinski definition) is 2. The van der Waals surface area contributed by atoms with Crippen molar-refractivity contribution in [3.63, 3.8) is 0 Å². The molecular formula is C22H23N3O7S. The minimum absolute atomic E-state index is 0.0683. The molecule has 2 aromatic carbocycles. The first kappa shape index (κ1) is 22.6. The number of nitrogens with one attached hydrogen (secondary N) is 2. The molecule has 11 heteroatoms. The number of amidine groups is 1. The highest BCUT2D eigenvalue weighted by Crippen LogP contribution is 2.34. The van der Waals surface area contributed by atoms with E-state index in [-0.39, 0.29) is 23.4 Å². The van der Waals surface area contributed by atoms with Gasteiger partial charge in [-0.25, -0.2) is 13.2 Å². The van der Waals surface area contributed by atoms with E-state index in [1.165, 1.54) is 13.0 Å². The van der Waals surface area contributed by atoms with Gasteiger partial charge in [-0.2, -0.15) is 0 Å². The molecule has 0 aromatic heterocycles. The quantitative estimate of drug-likeness (QED) is 0.614. The smallest absolute Gasteiger partial charge is 0.331 e. The lowest BCUT2D eigenvalue weighted by Gasteiger charge is -2.19. The standard InChI is InChI=1S/C22H23N3O7S/c1-12(2)19(24-20-15-6-4-5-7-18(15)33(28,29)25-20)22(27)32-13(3)21(26)23-14-8-9-16-17(10-14)31-11-30-16/h4-10,12-13,19H,11H2,1-3H3,(H,23,26)(H,24,25)/t13-,19+/m0/s1. The molecule has 2 N–H and O–H groups in total. The summed E-state index contributed by atoms with van der Waals surface area (Å²) in [4.78, 5) is 29.8. The Morgan fingerprint density at radius 2 is 1.82 bits per heavy atom. The highest BCUT2D eigenvalue weighted by Gasteiger charge is 2.34. The van der Waals surface area contributed by atoms with Gasteiger partial charge in [0.2, 0.25) is 6.79 Å². The molecule has 0 radical (unpaired) electrons. The van der Waals surface area contributed by atoms with Crippen molar-refractivity contribution in [1.82, 2.24) is 4.72 Å². The van der Waals surface area contributed by atoms with Crippen molar-refractivity contribution >= 4 is 33.4 Å². The van der Waals surface area contributed by atoms with E-state index in [9.17, 15) is 18.0 Å². The number of carbonyl (C=O) groups excluding carboxylic acids is 2. The summed E-state index contributed by atoms with van der Waals surface area (Å²) in [6, 6.07) is 10.3. The average molecular weight is 474 g/mol. The lowest BCUT2D eigenvalue weighted by Crippen LogP contribution is -2.37. The van der Waals surface area contributed by atoms with E-state index in [2.05, 4.69) is 15.0 Å². The number of carbonyl (C=O) groups is 2. The summed E-state index contributed by atoms with van der Waals surface area (Å²) in [5.41, 5.74) is 0.842. The summed E-state index contributed by atoms with van der Waals surface area (Å²) in [5.74, 6) is -0.438. The minimum atomic E-state index is -3.74. The number of benzene rings is 2. The molecule has 2 atom stereocenters. The van der Waals surface area contributed by atoms with Crippen LogP contribution >= 0.6 is 0 Å². The normalized spacial score (nSPS) is 18.4. The number of anilines is 1. The fourth-order valence-corrected chi connectivity index (χ4v) is 4.60. The maximum absolute atomic E-state index is 12.8. The molecule has 0 saturated heterocycles. The number of amides is 1. The number of hydrogen-bond acceptors (Lipinski definition) is 8. The number of nitrogens with zero attached hydrogens (tertiary/aromatic N) is 1. The number of aliphatic imine (C=N–C) groups is 1. The Bertz CT molecular complexity index is 1240. The molecular weight excluding hydrogens is 450 g/mol. The second-order valence-electron chi connectivity index (χ2n) is 7.90. The van der Waals surface area contributed by atoms with Crippen molar-refractivity contribution in [2.45, 2.75) is 37.8 Å². The molecule has 0 bridgehead atoms. The van der Waals surface area contributed by atoms with Crippen LogP contribution < -0.4 is 19.5 Å². The van der Waals surface area contributed by atoms with Gasteiger partial charge in [-0.3, -0.25) is 14.5 Å². The first-order chi connectivity index (χ1) is 15.7. The lowest BCUT2D eigenvalue weighted by molar-refractivity contribution is -0.155. The van der Waals surface area contributed by atoms with Gasteiger partial charge in [0.1, 0.15) is 5.84 Å². The summed E-state index contributed by atoms with van der Waals surface area (Å²) in [5, 5.41) is 2.66. The Kier molecular flexibility index (Phi) is 5.98. The second kappa shape index (κ2) is 8.74. The van der Waals surface area contributed by atoms with Gasteiger partial charge < -0.3 is 19.5 Å². The van der Waals surface area contributed by atoms with Crippen LogP contribution in [0.2, 0.25) is 0 Å². The topological polar surface area (TPSA) is 132 Å². The van der Waals surface area contributed by atoms with E-state index in [1.807, 2.05) is 0 Å². The zero-order valence-corrected chi connectivity index (χ0v) is 19.0. The number of fused-ring (bicyclic) bond motifs is 2. The molecule has 0 spiro atoms. The Morgan fingerprint density at radius 3 is 2.58 bits per heavy atom. The summed E-state index contributed by atoms with van der Waals surface area (Å²) >= 11 is 0. The fourth-order valence-electron chi connectivity index (χ4n) is 3.36. The number of ether oxygens (including phenoxy) is 3. The largest absolute Gasteiger partial charge is 0.454 e. The van der Waals surface area contributed by atoms with Crippen LogP contribution in [0.3, 0.4) is 0 Å². The predicted octanol–water partition coefficient (Wildman–Crippen LogP) is 2.05. The predicted molar refractivity (Wildman–Crippen MR) is 119 cm³/mol. The molecule has 4 rings (SSSR count). The van der Waals surface area contributed by atoms with Gasteiger partial charge in [-0.15, -0.1) is 0 Å². The first-order valence-corrected chi connectivity index (χ1v) is 11.7. The molecule has 0 aliphatic carbocycles. The third-order valence-corrected chi connectivity index (χ3v) is 6.50. The van der Waals surface area contributed by atoms with Crippen molar-refractivity contribution < 1.29 is 32.2 Å². The summed E-state index contributed by atoms with van der Waals surface area (Å²) in [6.45, 7) is 5.06. The van der Waals surface area contributed by atoms with Crippen molar-refractivity contribution in [3.8, 4) is 11.5 Å². The summed E-state index contributed by atoms with van der Waals surface area (Å²) in [6.07, 6.45) is -1.11. The van der Waals surface area contributed by atoms with Crippen LogP contribution in [0.15, 0.2) is 52.4 Å². The second-order valence-corrected chi connectivity index (χ2v) is 9.56. The van der Waals surface area contributed by atoms with Crippen LogP contribution in [0.4, 0.5) is 5.69 Å². The molecule has 2 heterocycles. The monoisotopic (exact) mass is 473 g/mol. The van der Waals surface area contributed by atoms with E-state index in [4.69, 9.17) is 14.2 Å². The third kappa shape index (κ3) is 4.63. The number of rotatable bonds is 6. The minimum Gasteiger partial charge on any atom is -0.454 e. The van der Waals surface area contributed by atoms with Crippen LogP contribution in [-0.4, -0.2) is 45.1 Å². The van der Waals surface area contributed by atoms with E-state index in [1.54, 1.807) is 50.2 Å². The van der Waals surface area contributed by atoms with Gasteiger partial charge in [-0.1, -0.05) is 26.0 Å². The van der Waals surface area contributed by atoms with Crippen molar-refractivity contribution in [2.24, 2.45) is 10.9 Å². The molecule has 1 amide bonds. The van der Waals surface area contributed by atoms with E-state index in [0.29, 0.717) is 22.7 Å². The van der Waals surface area contributed by atoms with Crippen LogP contribution in [-0.2, 0) is 24.3 Å².